The van der Waals surface area contributed by atoms with Gasteiger partial charge in [-0.2, -0.15) is 0 Å². The molecule has 0 unspecified atom stereocenters. The maximum atomic E-state index is 11.4. The molecule has 1 aliphatic rings. The van der Waals surface area contributed by atoms with Crippen molar-refractivity contribution in [3.8, 4) is 0 Å². The third-order valence-corrected chi connectivity index (χ3v) is 5.08. The Bertz CT molecular complexity index is 953. The van der Waals surface area contributed by atoms with Crippen LogP contribution in [0.3, 0.4) is 0 Å². The summed E-state index contributed by atoms with van der Waals surface area (Å²) < 4.78 is 5.40. The van der Waals surface area contributed by atoms with Crippen molar-refractivity contribution in [3.63, 3.8) is 0 Å². The first-order valence-electron chi connectivity index (χ1n) is 8.85. The first kappa shape index (κ1) is 18.2. The molecule has 2 aromatic heterocycles. The summed E-state index contributed by atoms with van der Waals surface area (Å²) in [6.07, 6.45) is 1.69. The summed E-state index contributed by atoms with van der Waals surface area (Å²) in [4.78, 5) is 22.1. The Morgan fingerprint density at radius 3 is 2.61 bits per heavy atom. The van der Waals surface area contributed by atoms with E-state index in [0.29, 0.717) is 10.8 Å². The van der Waals surface area contributed by atoms with Crippen LogP contribution in [0.15, 0.2) is 48.1 Å². The number of nitrogens with one attached hydrogen (secondary N) is 2. The van der Waals surface area contributed by atoms with Gasteiger partial charge in [0, 0.05) is 42.4 Å². The minimum absolute atomic E-state index is 0.232. The molecule has 144 valence electrons. The molecule has 0 saturated carbocycles. The first-order valence-corrected chi connectivity index (χ1v) is 9.73. The Labute approximate surface area is 166 Å². The Morgan fingerprint density at radius 2 is 1.86 bits per heavy atom. The van der Waals surface area contributed by atoms with Gasteiger partial charge >= 0.3 is 0 Å². The number of rotatable bonds is 6. The van der Waals surface area contributed by atoms with Crippen LogP contribution in [0.5, 0.6) is 0 Å². The molecule has 1 fully saturated rings. The number of nitrogens with zero attached hydrogens (tertiary/aromatic N) is 3. The van der Waals surface area contributed by atoms with E-state index in [9.17, 15) is 4.79 Å². The van der Waals surface area contributed by atoms with Crippen molar-refractivity contribution >= 4 is 45.1 Å². The van der Waals surface area contributed by atoms with Gasteiger partial charge in [-0.3, -0.25) is 4.79 Å². The maximum Gasteiger partial charge on any atom is 0.270 e. The van der Waals surface area contributed by atoms with Crippen LogP contribution in [0, 0.1) is 0 Å². The molecular weight excluding hydrogens is 376 g/mol. The molecule has 1 amide bonds. The SMILES string of the molecule is NC(=O)c1ncsc1Nc1ccnc(Nc2ccc(N3CCOCC3)cc2)c1. The molecule has 0 radical (unpaired) electrons. The number of aromatic nitrogens is 2. The van der Waals surface area contributed by atoms with Crippen LogP contribution in [0.25, 0.3) is 0 Å². The number of pyridine rings is 1. The van der Waals surface area contributed by atoms with Gasteiger partial charge in [0.2, 0.25) is 0 Å². The van der Waals surface area contributed by atoms with Crippen molar-refractivity contribution in [1.29, 1.82) is 0 Å². The van der Waals surface area contributed by atoms with E-state index in [-0.39, 0.29) is 5.69 Å². The number of ether oxygens (including phenoxy) is 1. The smallest absolute Gasteiger partial charge is 0.270 e. The number of carbonyl (C=O) groups is 1. The largest absolute Gasteiger partial charge is 0.378 e. The Hall–Kier alpha value is -3.17. The maximum absolute atomic E-state index is 11.4. The van der Waals surface area contributed by atoms with Gasteiger partial charge in [0.25, 0.3) is 5.91 Å². The van der Waals surface area contributed by atoms with Gasteiger partial charge in [0.05, 0.1) is 18.7 Å². The minimum atomic E-state index is -0.559. The molecule has 0 spiro atoms. The van der Waals surface area contributed by atoms with Gasteiger partial charge in [-0.25, -0.2) is 9.97 Å². The van der Waals surface area contributed by atoms with Crippen molar-refractivity contribution in [1.82, 2.24) is 9.97 Å². The van der Waals surface area contributed by atoms with Crippen LogP contribution in [-0.4, -0.2) is 42.2 Å². The molecule has 3 heterocycles. The zero-order valence-electron chi connectivity index (χ0n) is 15.1. The predicted octanol–water partition coefficient (Wildman–Crippen LogP) is 2.96. The van der Waals surface area contributed by atoms with Gasteiger partial charge in [-0.1, -0.05) is 0 Å². The summed E-state index contributed by atoms with van der Waals surface area (Å²) in [6, 6.07) is 11.9. The highest BCUT2D eigenvalue weighted by atomic mass is 32.1. The van der Waals surface area contributed by atoms with Gasteiger partial charge in [-0.05, 0) is 30.3 Å². The second kappa shape index (κ2) is 8.24. The number of anilines is 5. The number of hydrogen-bond donors (Lipinski definition) is 3. The molecule has 1 aromatic carbocycles. The number of amides is 1. The van der Waals surface area contributed by atoms with Crippen LogP contribution in [0.2, 0.25) is 0 Å². The molecule has 3 aromatic rings. The summed E-state index contributed by atoms with van der Waals surface area (Å²) in [5, 5.41) is 7.07. The van der Waals surface area contributed by atoms with Crippen LogP contribution >= 0.6 is 11.3 Å². The van der Waals surface area contributed by atoms with Crippen LogP contribution in [-0.2, 0) is 4.74 Å². The van der Waals surface area contributed by atoms with E-state index in [4.69, 9.17) is 10.5 Å². The molecule has 8 nitrogen and oxygen atoms in total. The number of nitrogens with two attached hydrogens (primary N) is 1. The lowest BCUT2D eigenvalue weighted by Gasteiger charge is -2.28. The number of morpholine rings is 1. The van der Waals surface area contributed by atoms with Crippen molar-refractivity contribution < 1.29 is 9.53 Å². The third kappa shape index (κ3) is 4.21. The van der Waals surface area contributed by atoms with E-state index in [1.807, 2.05) is 24.3 Å². The lowest BCUT2D eigenvalue weighted by molar-refractivity contribution is 0.0997. The summed E-state index contributed by atoms with van der Waals surface area (Å²) in [5.74, 6) is 0.130. The van der Waals surface area contributed by atoms with Crippen molar-refractivity contribution in [2.24, 2.45) is 5.73 Å². The fourth-order valence-corrected chi connectivity index (χ4v) is 3.65. The highest BCUT2D eigenvalue weighted by molar-refractivity contribution is 7.14. The lowest BCUT2D eigenvalue weighted by atomic mass is 10.2. The number of benzene rings is 1. The van der Waals surface area contributed by atoms with Crippen molar-refractivity contribution in [3.05, 3.63) is 53.8 Å². The highest BCUT2D eigenvalue weighted by Gasteiger charge is 2.13. The Morgan fingerprint density at radius 1 is 1.07 bits per heavy atom. The molecule has 0 bridgehead atoms. The number of thiazole rings is 1. The van der Waals surface area contributed by atoms with Crippen molar-refractivity contribution in [2.45, 2.75) is 0 Å². The molecule has 9 heteroatoms. The average molecular weight is 396 g/mol. The molecule has 1 saturated heterocycles. The third-order valence-electron chi connectivity index (χ3n) is 4.33. The second-order valence-electron chi connectivity index (χ2n) is 6.22. The monoisotopic (exact) mass is 396 g/mol. The standard InChI is InChI=1S/C19H20N6O2S/c20-18(26)17-19(28-12-22-17)24-14-5-6-21-16(11-14)23-13-1-3-15(4-2-13)25-7-9-27-10-8-25/h1-6,11-12H,7-10H2,(H2,20,26)(H2,21,23,24). The van der Waals surface area contributed by atoms with Crippen LogP contribution < -0.4 is 21.3 Å². The van der Waals surface area contributed by atoms with E-state index in [2.05, 4.69) is 37.6 Å². The summed E-state index contributed by atoms with van der Waals surface area (Å²) in [6.45, 7) is 3.35. The molecule has 4 rings (SSSR count). The average Bonchev–Trinajstić information content (AvgIpc) is 3.18. The fourth-order valence-electron chi connectivity index (χ4n) is 2.94. The normalized spacial score (nSPS) is 13.9. The van der Waals surface area contributed by atoms with Gasteiger partial charge in [0.15, 0.2) is 5.69 Å². The molecule has 1 aliphatic heterocycles. The van der Waals surface area contributed by atoms with Gasteiger partial charge < -0.3 is 26.0 Å². The predicted molar refractivity (Wildman–Crippen MR) is 111 cm³/mol. The Kier molecular flexibility index (Phi) is 5.36. The van der Waals surface area contributed by atoms with E-state index in [1.165, 1.54) is 17.0 Å². The lowest BCUT2D eigenvalue weighted by Crippen LogP contribution is -2.36. The number of hydrogen-bond acceptors (Lipinski definition) is 8. The van der Waals surface area contributed by atoms with Crippen molar-refractivity contribution in [2.75, 3.05) is 41.8 Å². The van der Waals surface area contributed by atoms with Crippen LogP contribution in [0.4, 0.5) is 27.9 Å². The van der Waals surface area contributed by atoms with Gasteiger partial charge in [-0.15, -0.1) is 11.3 Å². The second-order valence-corrected chi connectivity index (χ2v) is 7.08. The number of primary amides is 1. The zero-order chi connectivity index (χ0) is 19.3. The molecule has 28 heavy (non-hydrogen) atoms. The minimum Gasteiger partial charge on any atom is -0.378 e. The van der Waals surface area contributed by atoms with E-state index in [1.54, 1.807) is 11.7 Å². The topological polar surface area (TPSA) is 105 Å². The highest BCUT2D eigenvalue weighted by Crippen LogP contribution is 2.27. The molecule has 0 aliphatic carbocycles. The molecule has 4 N–H and O–H groups in total. The van der Waals surface area contributed by atoms with Crippen LogP contribution in [0.1, 0.15) is 10.5 Å². The summed E-state index contributed by atoms with van der Waals surface area (Å²) in [5.41, 5.74) is 10.1. The summed E-state index contributed by atoms with van der Waals surface area (Å²) in [7, 11) is 0. The zero-order valence-corrected chi connectivity index (χ0v) is 15.9. The van der Waals surface area contributed by atoms with E-state index < -0.39 is 5.91 Å². The first-order chi connectivity index (χ1) is 13.7. The van der Waals surface area contributed by atoms with E-state index in [0.717, 1.165) is 37.7 Å². The molecular formula is C19H20N6O2S. The summed E-state index contributed by atoms with van der Waals surface area (Å²) >= 11 is 1.32. The fraction of sp³-hybridized carbons (Fsp3) is 0.211. The number of carbonyl (C=O) groups excluding carboxylic acids is 1. The van der Waals surface area contributed by atoms with E-state index >= 15 is 0 Å². The molecule has 0 atom stereocenters. The van der Waals surface area contributed by atoms with Gasteiger partial charge in [0.1, 0.15) is 10.8 Å². The quantitative estimate of drug-likeness (QED) is 0.588. The Balaban J connectivity index is 1.44.